The fourth-order valence-electron chi connectivity index (χ4n) is 2.03. The lowest BCUT2D eigenvalue weighted by Gasteiger charge is -2.15. The van der Waals surface area contributed by atoms with Crippen LogP contribution in [-0.2, 0) is 17.8 Å². The Bertz CT molecular complexity index is 595. The topological polar surface area (TPSA) is 32.3 Å². The number of aryl methyl sites for hydroxylation is 1. The van der Waals surface area contributed by atoms with Gasteiger partial charge in [0.2, 0.25) is 5.91 Å². The Kier molecular flexibility index (Phi) is 5.96. The van der Waals surface area contributed by atoms with E-state index in [0.717, 1.165) is 22.4 Å². The third kappa shape index (κ3) is 5.26. The SMILES string of the molecule is CCc1ccc(NC(=O)CN(C)Cc2ccc(Br)s2)cc1. The van der Waals surface area contributed by atoms with E-state index in [4.69, 9.17) is 0 Å². The number of nitrogens with zero attached hydrogens (tertiary/aromatic N) is 1. The average molecular weight is 367 g/mol. The normalized spacial score (nSPS) is 10.9. The van der Waals surface area contributed by atoms with Gasteiger partial charge in [-0.15, -0.1) is 11.3 Å². The fraction of sp³-hybridized carbons (Fsp3) is 0.312. The molecule has 0 saturated carbocycles. The minimum absolute atomic E-state index is 0.0115. The quantitative estimate of drug-likeness (QED) is 0.832. The van der Waals surface area contributed by atoms with Crippen molar-refractivity contribution < 1.29 is 4.79 Å². The molecule has 0 aliphatic carbocycles. The first-order valence-corrected chi connectivity index (χ1v) is 8.49. The van der Waals surface area contributed by atoms with Crippen LogP contribution in [0.15, 0.2) is 40.2 Å². The molecule has 1 aromatic carbocycles. The van der Waals surface area contributed by atoms with Crippen molar-refractivity contribution in [2.75, 3.05) is 18.9 Å². The lowest BCUT2D eigenvalue weighted by Crippen LogP contribution is -2.29. The highest BCUT2D eigenvalue weighted by atomic mass is 79.9. The second kappa shape index (κ2) is 7.73. The monoisotopic (exact) mass is 366 g/mol. The van der Waals surface area contributed by atoms with E-state index < -0.39 is 0 Å². The summed E-state index contributed by atoms with van der Waals surface area (Å²) in [5, 5.41) is 2.93. The molecular weight excluding hydrogens is 348 g/mol. The maximum atomic E-state index is 12.0. The molecule has 0 spiro atoms. The van der Waals surface area contributed by atoms with Gasteiger partial charge in [0.15, 0.2) is 0 Å². The Hall–Kier alpha value is -1.17. The van der Waals surface area contributed by atoms with Crippen molar-refractivity contribution in [3.8, 4) is 0 Å². The van der Waals surface area contributed by atoms with Crippen LogP contribution >= 0.6 is 27.3 Å². The summed E-state index contributed by atoms with van der Waals surface area (Å²) in [7, 11) is 1.95. The number of thiophene rings is 1. The lowest BCUT2D eigenvalue weighted by molar-refractivity contribution is -0.117. The summed E-state index contributed by atoms with van der Waals surface area (Å²) in [6, 6.07) is 12.1. The van der Waals surface area contributed by atoms with Crippen molar-refractivity contribution in [2.24, 2.45) is 0 Å². The minimum atomic E-state index is 0.0115. The average Bonchev–Trinajstić information content (AvgIpc) is 2.84. The zero-order chi connectivity index (χ0) is 15.2. The summed E-state index contributed by atoms with van der Waals surface area (Å²) in [6.07, 6.45) is 1.01. The van der Waals surface area contributed by atoms with Crippen molar-refractivity contribution in [3.63, 3.8) is 0 Å². The van der Waals surface area contributed by atoms with Gasteiger partial charge in [-0.2, -0.15) is 0 Å². The molecule has 0 radical (unpaired) electrons. The third-order valence-corrected chi connectivity index (χ3v) is 4.72. The van der Waals surface area contributed by atoms with Gasteiger partial charge in [-0.25, -0.2) is 0 Å². The number of carbonyl (C=O) groups excluding carboxylic acids is 1. The first-order chi connectivity index (χ1) is 10.1. The summed E-state index contributed by atoms with van der Waals surface area (Å²) in [4.78, 5) is 15.3. The van der Waals surface area contributed by atoms with Gasteiger partial charge in [-0.05, 0) is 59.2 Å². The molecule has 2 rings (SSSR count). The van der Waals surface area contributed by atoms with E-state index in [1.807, 2.05) is 42.3 Å². The number of benzene rings is 1. The first kappa shape index (κ1) is 16.2. The fourth-order valence-corrected chi connectivity index (χ4v) is 3.59. The molecule has 3 nitrogen and oxygen atoms in total. The van der Waals surface area contributed by atoms with Gasteiger partial charge in [0.25, 0.3) is 0 Å². The van der Waals surface area contributed by atoms with Crippen molar-refractivity contribution in [1.82, 2.24) is 4.90 Å². The summed E-state index contributed by atoms with van der Waals surface area (Å²) in [6.45, 7) is 3.27. The maximum Gasteiger partial charge on any atom is 0.238 e. The molecule has 112 valence electrons. The Morgan fingerprint density at radius 2 is 1.95 bits per heavy atom. The Morgan fingerprint density at radius 3 is 2.52 bits per heavy atom. The van der Waals surface area contributed by atoms with Crippen molar-refractivity contribution in [3.05, 3.63) is 50.6 Å². The molecule has 1 N–H and O–H groups in total. The summed E-state index contributed by atoms with van der Waals surface area (Å²) in [5.74, 6) is 0.0115. The zero-order valence-electron chi connectivity index (χ0n) is 12.2. The third-order valence-electron chi connectivity index (χ3n) is 3.11. The van der Waals surface area contributed by atoms with Crippen LogP contribution in [0.1, 0.15) is 17.4 Å². The van der Waals surface area contributed by atoms with Crippen LogP contribution in [0.25, 0.3) is 0 Å². The van der Waals surface area contributed by atoms with Crippen LogP contribution in [0.2, 0.25) is 0 Å². The van der Waals surface area contributed by atoms with E-state index in [1.165, 1.54) is 10.4 Å². The van der Waals surface area contributed by atoms with Crippen LogP contribution in [0.3, 0.4) is 0 Å². The predicted molar refractivity (Wildman–Crippen MR) is 92.8 cm³/mol. The number of nitrogens with one attached hydrogen (secondary N) is 1. The van der Waals surface area contributed by atoms with Gasteiger partial charge < -0.3 is 5.32 Å². The summed E-state index contributed by atoms with van der Waals surface area (Å²) in [5.41, 5.74) is 2.12. The highest BCUT2D eigenvalue weighted by molar-refractivity contribution is 9.11. The van der Waals surface area contributed by atoms with E-state index in [1.54, 1.807) is 11.3 Å². The van der Waals surface area contributed by atoms with Crippen LogP contribution in [-0.4, -0.2) is 24.4 Å². The summed E-state index contributed by atoms with van der Waals surface area (Å²) < 4.78 is 1.12. The Morgan fingerprint density at radius 1 is 1.24 bits per heavy atom. The van der Waals surface area contributed by atoms with Gasteiger partial charge >= 0.3 is 0 Å². The van der Waals surface area contributed by atoms with E-state index >= 15 is 0 Å². The first-order valence-electron chi connectivity index (χ1n) is 6.88. The van der Waals surface area contributed by atoms with Crippen molar-refractivity contribution in [2.45, 2.75) is 19.9 Å². The number of hydrogen-bond donors (Lipinski definition) is 1. The maximum absolute atomic E-state index is 12.0. The predicted octanol–water partition coefficient (Wildman–Crippen LogP) is 4.14. The second-order valence-electron chi connectivity index (χ2n) is 4.98. The highest BCUT2D eigenvalue weighted by Gasteiger charge is 2.08. The van der Waals surface area contributed by atoms with E-state index in [9.17, 15) is 4.79 Å². The molecule has 0 saturated heterocycles. The van der Waals surface area contributed by atoms with Gasteiger partial charge in [0.1, 0.15) is 0 Å². The van der Waals surface area contributed by atoms with Gasteiger partial charge in [-0.3, -0.25) is 9.69 Å². The molecule has 1 aromatic heterocycles. The smallest absolute Gasteiger partial charge is 0.238 e. The van der Waals surface area contributed by atoms with Gasteiger partial charge in [0.05, 0.1) is 10.3 Å². The number of anilines is 1. The molecule has 0 aliphatic heterocycles. The molecule has 0 atom stereocenters. The van der Waals surface area contributed by atoms with Gasteiger partial charge in [0, 0.05) is 17.1 Å². The van der Waals surface area contributed by atoms with Gasteiger partial charge in [-0.1, -0.05) is 19.1 Å². The molecule has 0 bridgehead atoms. The number of carbonyl (C=O) groups is 1. The largest absolute Gasteiger partial charge is 0.325 e. The lowest BCUT2D eigenvalue weighted by atomic mass is 10.1. The van der Waals surface area contributed by atoms with E-state index in [2.05, 4.69) is 34.2 Å². The van der Waals surface area contributed by atoms with Crippen molar-refractivity contribution in [1.29, 1.82) is 0 Å². The number of hydrogen-bond acceptors (Lipinski definition) is 3. The number of likely N-dealkylation sites (N-methyl/N-ethyl adjacent to an activating group) is 1. The molecule has 0 fully saturated rings. The number of rotatable bonds is 6. The standard InChI is InChI=1S/C16H19BrN2OS/c1-3-12-4-6-13(7-5-12)18-16(20)11-19(2)10-14-8-9-15(17)21-14/h4-9H,3,10-11H2,1-2H3,(H,18,20). The van der Waals surface area contributed by atoms with Crippen LogP contribution in [0, 0.1) is 0 Å². The van der Waals surface area contributed by atoms with E-state index in [-0.39, 0.29) is 5.91 Å². The Balaban J connectivity index is 1.82. The summed E-state index contributed by atoms with van der Waals surface area (Å²) >= 11 is 5.14. The molecule has 1 heterocycles. The second-order valence-corrected chi connectivity index (χ2v) is 7.52. The molecule has 0 unspecified atom stereocenters. The van der Waals surface area contributed by atoms with E-state index in [0.29, 0.717) is 6.54 Å². The molecule has 0 aliphatic rings. The van der Waals surface area contributed by atoms with Crippen LogP contribution < -0.4 is 5.32 Å². The molecular formula is C16H19BrN2OS. The molecule has 2 aromatic rings. The number of amides is 1. The molecule has 1 amide bonds. The minimum Gasteiger partial charge on any atom is -0.325 e. The Labute approximate surface area is 138 Å². The highest BCUT2D eigenvalue weighted by Crippen LogP contribution is 2.22. The number of halogens is 1. The molecule has 5 heteroatoms. The van der Waals surface area contributed by atoms with Crippen molar-refractivity contribution >= 4 is 38.9 Å². The van der Waals surface area contributed by atoms with Crippen LogP contribution in [0.4, 0.5) is 5.69 Å². The zero-order valence-corrected chi connectivity index (χ0v) is 14.6. The van der Waals surface area contributed by atoms with Crippen LogP contribution in [0.5, 0.6) is 0 Å². The molecule has 21 heavy (non-hydrogen) atoms.